The number of hydrogen-bond donors (Lipinski definition) is 3. The molecule has 162 valence electrons. The largest absolute Gasteiger partial charge is 0.480 e. The molecule has 28 heavy (non-hydrogen) atoms. The molecule has 0 rings (SSSR count). The minimum atomic E-state index is -1.11. The van der Waals surface area contributed by atoms with Crippen molar-refractivity contribution in [2.45, 2.75) is 51.5 Å². The first-order valence-corrected chi connectivity index (χ1v) is 10.5. The summed E-state index contributed by atoms with van der Waals surface area (Å²) in [5.74, 6) is -1.54. The lowest BCUT2D eigenvalue weighted by molar-refractivity contribution is -0.142. The van der Waals surface area contributed by atoms with Crippen LogP contribution in [0.25, 0.3) is 0 Å². The molecule has 2 amide bonds. The van der Waals surface area contributed by atoms with Crippen molar-refractivity contribution in [3.8, 4) is 0 Å². The zero-order valence-electron chi connectivity index (χ0n) is 16.3. The van der Waals surface area contributed by atoms with Gasteiger partial charge in [-0.05, 0) is 25.7 Å². The number of ketones is 1. The van der Waals surface area contributed by atoms with Crippen molar-refractivity contribution < 1.29 is 33.8 Å². The Bertz CT molecular complexity index is 489. The van der Waals surface area contributed by atoms with Gasteiger partial charge in [0.05, 0.1) is 18.5 Å². The molecule has 0 bridgehead atoms. The molecule has 0 aliphatic rings. The fourth-order valence-electron chi connectivity index (χ4n) is 2.17. The predicted molar refractivity (Wildman–Crippen MR) is 106 cm³/mol. The second kappa shape index (κ2) is 17.6. The molecule has 0 aromatic heterocycles. The van der Waals surface area contributed by atoms with Crippen LogP contribution in [-0.2, 0) is 28.7 Å². The first kappa shape index (κ1) is 26.5. The average Bonchev–Trinajstić information content (AvgIpc) is 2.67. The topological polar surface area (TPSA) is 131 Å². The molecule has 9 nitrogen and oxygen atoms in total. The van der Waals surface area contributed by atoms with E-state index in [9.17, 15) is 24.3 Å². The minimum absolute atomic E-state index is 0.126. The first-order valence-electron chi connectivity index (χ1n) is 9.42. The minimum Gasteiger partial charge on any atom is -0.480 e. The lowest BCUT2D eigenvalue weighted by atomic mass is 10.1. The van der Waals surface area contributed by atoms with Crippen molar-refractivity contribution in [2.75, 3.05) is 38.3 Å². The number of hydrogen-bond acceptors (Lipinski definition) is 6. The Hall–Kier alpha value is -1.52. The van der Waals surface area contributed by atoms with Crippen LogP contribution in [0, 0.1) is 0 Å². The van der Waals surface area contributed by atoms with Gasteiger partial charge in [0.15, 0.2) is 0 Å². The van der Waals surface area contributed by atoms with E-state index < -0.39 is 17.9 Å². The third-order valence-corrected chi connectivity index (χ3v) is 4.25. The van der Waals surface area contributed by atoms with Gasteiger partial charge >= 0.3 is 5.97 Å². The zero-order chi connectivity index (χ0) is 21.2. The summed E-state index contributed by atoms with van der Waals surface area (Å²) in [6, 6.07) is -0.990. The third-order valence-electron chi connectivity index (χ3n) is 3.74. The molecular weight excluding hydrogens is 436 g/mol. The highest BCUT2D eigenvalue weighted by Crippen LogP contribution is 2.01. The SMILES string of the molecule is CCC(=O)CCCOCCOCC(=O)N[C@H](CCCCNC(=O)CBr)C(=O)O. The number of aliphatic carboxylic acids is 1. The van der Waals surface area contributed by atoms with E-state index in [-0.39, 0.29) is 36.7 Å². The van der Waals surface area contributed by atoms with Gasteiger partial charge in [-0.3, -0.25) is 14.4 Å². The second-order valence-corrected chi connectivity index (χ2v) is 6.66. The summed E-state index contributed by atoms with van der Waals surface area (Å²) < 4.78 is 10.5. The number of Topliss-reactive ketones (excluding diaryl/α,β-unsaturated/α-hetero) is 1. The van der Waals surface area contributed by atoms with E-state index in [1.54, 1.807) is 0 Å². The van der Waals surface area contributed by atoms with Crippen molar-refractivity contribution in [1.29, 1.82) is 0 Å². The summed E-state index contributed by atoms with van der Waals surface area (Å²) >= 11 is 3.03. The number of carboxylic acid groups (broad SMARTS) is 1. The van der Waals surface area contributed by atoms with Gasteiger partial charge in [-0.25, -0.2) is 4.79 Å². The van der Waals surface area contributed by atoms with Gasteiger partial charge in [0.1, 0.15) is 18.4 Å². The number of carboxylic acids is 1. The lowest BCUT2D eigenvalue weighted by Gasteiger charge is -2.14. The van der Waals surface area contributed by atoms with Crippen molar-refractivity contribution in [3.05, 3.63) is 0 Å². The Kier molecular flexibility index (Phi) is 16.6. The normalized spacial score (nSPS) is 11.6. The van der Waals surface area contributed by atoms with Crippen molar-refractivity contribution in [1.82, 2.24) is 10.6 Å². The summed E-state index contributed by atoms with van der Waals surface area (Å²) in [4.78, 5) is 45.2. The molecule has 10 heteroatoms. The molecule has 1 atom stereocenters. The smallest absolute Gasteiger partial charge is 0.326 e. The quantitative estimate of drug-likeness (QED) is 0.203. The van der Waals surface area contributed by atoms with Gasteiger partial charge in [-0.2, -0.15) is 0 Å². The number of carbonyl (C=O) groups excluding carboxylic acids is 3. The number of alkyl halides is 1. The van der Waals surface area contributed by atoms with E-state index in [0.717, 1.165) is 0 Å². The van der Waals surface area contributed by atoms with E-state index >= 15 is 0 Å². The van der Waals surface area contributed by atoms with E-state index in [2.05, 4.69) is 26.6 Å². The van der Waals surface area contributed by atoms with Gasteiger partial charge < -0.3 is 25.2 Å². The average molecular weight is 467 g/mol. The van der Waals surface area contributed by atoms with E-state index in [0.29, 0.717) is 51.9 Å². The van der Waals surface area contributed by atoms with Crippen LogP contribution in [-0.4, -0.2) is 73.0 Å². The molecule has 0 unspecified atom stereocenters. The molecule has 0 saturated carbocycles. The summed E-state index contributed by atoms with van der Waals surface area (Å²) in [6.07, 6.45) is 3.13. The van der Waals surface area contributed by atoms with Crippen LogP contribution in [0.2, 0.25) is 0 Å². The number of amides is 2. The molecular formula is C18H31BrN2O7. The fourth-order valence-corrected chi connectivity index (χ4v) is 2.37. The highest BCUT2D eigenvalue weighted by atomic mass is 79.9. The van der Waals surface area contributed by atoms with Gasteiger partial charge in [-0.1, -0.05) is 22.9 Å². The number of carbonyl (C=O) groups is 4. The van der Waals surface area contributed by atoms with E-state index in [1.807, 2.05) is 6.92 Å². The Balaban J connectivity index is 3.77. The lowest BCUT2D eigenvalue weighted by Crippen LogP contribution is -2.42. The summed E-state index contributed by atoms with van der Waals surface area (Å²) in [5, 5.41) is 14.5. The Labute approximate surface area is 174 Å². The maximum atomic E-state index is 11.8. The summed E-state index contributed by atoms with van der Waals surface area (Å²) in [5.41, 5.74) is 0. The molecule has 0 aromatic carbocycles. The maximum Gasteiger partial charge on any atom is 0.326 e. The van der Waals surface area contributed by atoms with Crippen LogP contribution >= 0.6 is 15.9 Å². The molecule has 0 spiro atoms. The zero-order valence-corrected chi connectivity index (χ0v) is 17.9. The Morgan fingerprint density at radius 3 is 2.36 bits per heavy atom. The third kappa shape index (κ3) is 15.5. The van der Waals surface area contributed by atoms with Crippen molar-refractivity contribution in [3.63, 3.8) is 0 Å². The molecule has 0 saturated heterocycles. The van der Waals surface area contributed by atoms with Crippen LogP contribution in [0.1, 0.15) is 45.4 Å². The molecule has 3 N–H and O–H groups in total. The molecule has 0 fully saturated rings. The fraction of sp³-hybridized carbons (Fsp3) is 0.778. The molecule has 0 aliphatic carbocycles. The van der Waals surface area contributed by atoms with Gasteiger partial charge in [-0.15, -0.1) is 0 Å². The van der Waals surface area contributed by atoms with Gasteiger partial charge in [0.25, 0.3) is 0 Å². The monoisotopic (exact) mass is 466 g/mol. The van der Waals surface area contributed by atoms with Crippen LogP contribution in [0.15, 0.2) is 0 Å². The highest BCUT2D eigenvalue weighted by Gasteiger charge is 2.19. The number of rotatable bonds is 18. The maximum absolute atomic E-state index is 11.8. The summed E-state index contributed by atoms with van der Waals surface area (Å²) in [7, 11) is 0. The van der Waals surface area contributed by atoms with Crippen molar-refractivity contribution in [2.24, 2.45) is 0 Å². The van der Waals surface area contributed by atoms with Crippen LogP contribution in [0.4, 0.5) is 0 Å². The van der Waals surface area contributed by atoms with Crippen LogP contribution in [0.3, 0.4) is 0 Å². The molecule has 0 radical (unpaired) electrons. The number of nitrogens with one attached hydrogen (secondary N) is 2. The van der Waals surface area contributed by atoms with Gasteiger partial charge in [0, 0.05) is 26.0 Å². The van der Waals surface area contributed by atoms with Crippen molar-refractivity contribution >= 4 is 39.5 Å². The highest BCUT2D eigenvalue weighted by molar-refractivity contribution is 9.09. The first-order chi connectivity index (χ1) is 13.4. The number of unbranched alkanes of at least 4 members (excludes halogenated alkanes) is 1. The predicted octanol–water partition coefficient (Wildman–Crippen LogP) is 1.03. The van der Waals surface area contributed by atoms with Crippen LogP contribution in [0.5, 0.6) is 0 Å². The molecule has 0 heterocycles. The van der Waals surface area contributed by atoms with Gasteiger partial charge in [0.2, 0.25) is 11.8 Å². The second-order valence-electron chi connectivity index (χ2n) is 6.10. The Morgan fingerprint density at radius 1 is 1.00 bits per heavy atom. The molecule has 0 aromatic rings. The number of ether oxygens (including phenoxy) is 2. The van der Waals surface area contributed by atoms with E-state index in [1.165, 1.54) is 0 Å². The van der Waals surface area contributed by atoms with E-state index in [4.69, 9.17) is 9.47 Å². The standard InChI is InChI=1S/C18H31BrN2O7/c1-2-14(22)6-5-9-27-10-11-28-13-17(24)21-15(18(25)26)7-3-4-8-20-16(23)12-19/h15H,2-13H2,1H3,(H,20,23)(H,21,24)(H,25,26)/t15-/m1/s1. The number of halogens is 1. The van der Waals surface area contributed by atoms with Crippen LogP contribution < -0.4 is 10.6 Å². The summed E-state index contributed by atoms with van der Waals surface area (Å²) in [6.45, 7) is 3.00. The molecule has 0 aliphatic heterocycles. The Morgan fingerprint density at radius 2 is 1.71 bits per heavy atom.